The van der Waals surface area contributed by atoms with Gasteiger partial charge >= 0.3 is 5.97 Å². The van der Waals surface area contributed by atoms with Crippen LogP contribution in [-0.2, 0) is 6.54 Å². The molecule has 1 aromatic carbocycles. The normalized spacial score (nSPS) is 12.3. The summed E-state index contributed by atoms with van der Waals surface area (Å²) in [4.78, 5) is 10.9. The average molecular weight is 245 g/mol. The third-order valence-corrected chi connectivity index (χ3v) is 2.84. The molecule has 0 fully saturated rings. The van der Waals surface area contributed by atoms with Gasteiger partial charge in [0.2, 0.25) is 5.76 Å². The highest BCUT2D eigenvalue weighted by atomic mass is 16.4. The summed E-state index contributed by atoms with van der Waals surface area (Å²) in [5.41, 5.74) is 1.82. The zero-order valence-corrected chi connectivity index (χ0v) is 10.1. The molecule has 0 bridgehead atoms. The quantitative estimate of drug-likeness (QED) is 0.850. The molecule has 0 aliphatic carbocycles. The number of aromatic carboxylic acids is 1. The van der Waals surface area contributed by atoms with E-state index in [-0.39, 0.29) is 11.8 Å². The molecule has 0 saturated heterocycles. The maximum atomic E-state index is 10.9. The van der Waals surface area contributed by atoms with E-state index in [1.54, 1.807) is 6.07 Å². The minimum Gasteiger partial charge on any atom is -0.475 e. The van der Waals surface area contributed by atoms with E-state index in [0.29, 0.717) is 12.1 Å². The predicted octanol–water partition coefficient (Wildman–Crippen LogP) is 2.83. The fourth-order valence-corrected chi connectivity index (χ4v) is 1.79. The summed E-state index contributed by atoms with van der Waals surface area (Å²) in [6.07, 6.45) is 1.40. The first kappa shape index (κ1) is 12.4. The van der Waals surface area contributed by atoms with Crippen molar-refractivity contribution >= 4 is 5.97 Å². The van der Waals surface area contributed by atoms with Crippen molar-refractivity contribution in [2.75, 3.05) is 0 Å². The van der Waals surface area contributed by atoms with Crippen molar-refractivity contribution in [3.63, 3.8) is 0 Å². The van der Waals surface area contributed by atoms with Gasteiger partial charge in [-0.05, 0) is 18.6 Å². The minimum atomic E-state index is -1.04. The maximum Gasteiger partial charge on any atom is 0.372 e. The zero-order chi connectivity index (χ0) is 13.0. The molecule has 1 heterocycles. The first-order valence-corrected chi connectivity index (χ1v) is 5.76. The van der Waals surface area contributed by atoms with Crippen LogP contribution in [0, 0.1) is 0 Å². The van der Waals surface area contributed by atoms with Gasteiger partial charge in [-0.3, -0.25) is 0 Å². The molecule has 94 valence electrons. The van der Waals surface area contributed by atoms with Crippen molar-refractivity contribution in [1.82, 2.24) is 5.32 Å². The predicted molar refractivity (Wildman–Crippen MR) is 67.4 cm³/mol. The highest BCUT2D eigenvalue weighted by Gasteiger charge is 2.14. The summed E-state index contributed by atoms with van der Waals surface area (Å²) in [5, 5.41) is 12.2. The van der Waals surface area contributed by atoms with E-state index >= 15 is 0 Å². The van der Waals surface area contributed by atoms with Crippen LogP contribution in [0.2, 0.25) is 0 Å². The number of carboxylic acids is 1. The van der Waals surface area contributed by atoms with Crippen molar-refractivity contribution in [2.24, 2.45) is 0 Å². The zero-order valence-electron chi connectivity index (χ0n) is 10.1. The molecule has 1 aromatic heterocycles. The van der Waals surface area contributed by atoms with Gasteiger partial charge in [-0.2, -0.15) is 0 Å². The lowest BCUT2D eigenvalue weighted by Crippen LogP contribution is -2.19. The Kier molecular flexibility index (Phi) is 3.79. The Bertz CT molecular complexity index is 519. The molecule has 1 atom stereocenters. The molecule has 2 rings (SSSR count). The van der Waals surface area contributed by atoms with E-state index in [4.69, 9.17) is 9.52 Å². The lowest BCUT2D eigenvalue weighted by molar-refractivity contribution is 0.0660. The average Bonchev–Trinajstić information content (AvgIpc) is 2.85. The fourth-order valence-electron chi connectivity index (χ4n) is 1.79. The molecule has 18 heavy (non-hydrogen) atoms. The molecule has 4 nitrogen and oxygen atoms in total. The van der Waals surface area contributed by atoms with Crippen molar-refractivity contribution in [3.8, 4) is 0 Å². The lowest BCUT2D eigenvalue weighted by Gasteiger charge is -2.13. The Morgan fingerprint density at radius 3 is 2.72 bits per heavy atom. The molecule has 0 amide bonds. The highest BCUT2D eigenvalue weighted by Crippen LogP contribution is 2.15. The standard InChI is InChI=1S/C14H15NO3/c1-10(11-5-3-2-4-6-11)15-9-12-7-8-18-13(12)14(16)17/h2-8,10,15H,9H2,1H3,(H,16,17). The van der Waals surface area contributed by atoms with E-state index in [1.165, 1.54) is 6.26 Å². The summed E-state index contributed by atoms with van der Waals surface area (Å²) >= 11 is 0. The molecule has 2 N–H and O–H groups in total. The number of nitrogens with one attached hydrogen (secondary N) is 1. The molecule has 0 saturated carbocycles. The van der Waals surface area contributed by atoms with Gasteiger partial charge in [0, 0.05) is 18.2 Å². The molecule has 0 spiro atoms. The Hall–Kier alpha value is -2.07. The number of carboxylic acid groups (broad SMARTS) is 1. The second-order valence-electron chi connectivity index (χ2n) is 4.09. The molecular weight excluding hydrogens is 230 g/mol. The first-order chi connectivity index (χ1) is 8.68. The van der Waals surface area contributed by atoms with E-state index < -0.39 is 5.97 Å². The molecule has 4 heteroatoms. The lowest BCUT2D eigenvalue weighted by atomic mass is 10.1. The van der Waals surface area contributed by atoms with Crippen LogP contribution in [0.4, 0.5) is 0 Å². The number of hydrogen-bond donors (Lipinski definition) is 2. The molecule has 2 aromatic rings. The van der Waals surface area contributed by atoms with Crippen molar-refractivity contribution in [3.05, 3.63) is 59.5 Å². The smallest absolute Gasteiger partial charge is 0.372 e. The van der Waals surface area contributed by atoms with Crippen LogP contribution in [0.3, 0.4) is 0 Å². The number of hydrogen-bond acceptors (Lipinski definition) is 3. The molecular formula is C14H15NO3. The van der Waals surface area contributed by atoms with E-state index in [2.05, 4.69) is 5.32 Å². The third kappa shape index (κ3) is 2.78. The van der Waals surface area contributed by atoms with Gasteiger partial charge in [-0.1, -0.05) is 30.3 Å². The maximum absolute atomic E-state index is 10.9. The Labute approximate surface area is 105 Å². The fraction of sp³-hybridized carbons (Fsp3) is 0.214. The van der Waals surface area contributed by atoms with Crippen LogP contribution in [0.1, 0.15) is 34.6 Å². The number of benzene rings is 1. The largest absolute Gasteiger partial charge is 0.475 e. The van der Waals surface area contributed by atoms with E-state index in [1.807, 2.05) is 37.3 Å². The van der Waals surface area contributed by atoms with Crippen LogP contribution >= 0.6 is 0 Å². The SMILES string of the molecule is CC(NCc1ccoc1C(=O)O)c1ccccc1. The summed E-state index contributed by atoms with van der Waals surface area (Å²) in [6, 6.07) is 11.8. The highest BCUT2D eigenvalue weighted by molar-refractivity contribution is 5.86. The second kappa shape index (κ2) is 5.51. The third-order valence-electron chi connectivity index (χ3n) is 2.84. The number of rotatable bonds is 5. The minimum absolute atomic E-state index is 0.00256. The van der Waals surface area contributed by atoms with Crippen molar-refractivity contribution in [1.29, 1.82) is 0 Å². The van der Waals surface area contributed by atoms with Gasteiger partial charge in [0.05, 0.1) is 6.26 Å². The van der Waals surface area contributed by atoms with Gasteiger partial charge in [-0.15, -0.1) is 0 Å². The molecule has 0 aliphatic heterocycles. The Morgan fingerprint density at radius 2 is 2.06 bits per heavy atom. The number of carbonyl (C=O) groups is 1. The molecule has 0 aliphatic rings. The Balaban J connectivity index is 1.99. The second-order valence-corrected chi connectivity index (χ2v) is 4.09. The first-order valence-electron chi connectivity index (χ1n) is 5.76. The topological polar surface area (TPSA) is 62.5 Å². The van der Waals surface area contributed by atoms with Gasteiger partial charge in [-0.25, -0.2) is 4.79 Å². The van der Waals surface area contributed by atoms with Crippen LogP contribution < -0.4 is 5.32 Å². The van der Waals surface area contributed by atoms with Gasteiger partial charge in [0.15, 0.2) is 0 Å². The van der Waals surface area contributed by atoms with Crippen LogP contribution in [0.5, 0.6) is 0 Å². The summed E-state index contributed by atoms with van der Waals surface area (Å²) in [7, 11) is 0. The summed E-state index contributed by atoms with van der Waals surface area (Å²) in [6.45, 7) is 2.50. The number of furan rings is 1. The summed E-state index contributed by atoms with van der Waals surface area (Å²) < 4.78 is 4.92. The van der Waals surface area contributed by atoms with Crippen molar-refractivity contribution in [2.45, 2.75) is 19.5 Å². The summed E-state index contributed by atoms with van der Waals surface area (Å²) in [5.74, 6) is -1.04. The molecule has 1 unspecified atom stereocenters. The van der Waals surface area contributed by atoms with Crippen LogP contribution in [0.15, 0.2) is 47.1 Å². The molecule has 0 radical (unpaired) electrons. The monoisotopic (exact) mass is 245 g/mol. The van der Waals surface area contributed by atoms with Gasteiger partial charge in [0.1, 0.15) is 0 Å². The van der Waals surface area contributed by atoms with Gasteiger partial charge < -0.3 is 14.8 Å². The van der Waals surface area contributed by atoms with E-state index in [9.17, 15) is 4.79 Å². The van der Waals surface area contributed by atoms with Crippen LogP contribution in [0.25, 0.3) is 0 Å². The van der Waals surface area contributed by atoms with Gasteiger partial charge in [0.25, 0.3) is 0 Å². The van der Waals surface area contributed by atoms with E-state index in [0.717, 1.165) is 5.56 Å². The Morgan fingerprint density at radius 1 is 1.33 bits per heavy atom. The van der Waals surface area contributed by atoms with Crippen molar-refractivity contribution < 1.29 is 14.3 Å². The van der Waals surface area contributed by atoms with Crippen LogP contribution in [-0.4, -0.2) is 11.1 Å².